The number of benzene rings is 1. The number of aromatic nitrogens is 1. The quantitative estimate of drug-likeness (QED) is 0.573. The normalized spacial score (nSPS) is 32.4. The van der Waals surface area contributed by atoms with Gasteiger partial charge in [-0.3, -0.25) is 9.59 Å². The highest BCUT2D eigenvalue weighted by molar-refractivity contribution is 7.99. The summed E-state index contributed by atoms with van der Waals surface area (Å²) in [6, 6.07) is 9.93. The Bertz CT molecular complexity index is 1100. The molecule has 5 aliphatic rings. The molecule has 0 radical (unpaired) electrons. The van der Waals surface area contributed by atoms with Gasteiger partial charge < -0.3 is 24.2 Å². The first-order chi connectivity index (χ1) is 17.9. The van der Waals surface area contributed by atoms with E-state index in [1.807, 2.05) is 44.2 Å². The number of hydrogen-bond donors (Lipinski definition) is 1. The van der Waals surface area contributed by atoms with Crippen LogP contribution in [0.1, 0.15) is 56.5 Å². The van der Waals surface area contributed by atoms with E-state index in [4.69, 9.17) is 14.0 Å². The number of amides is 2. The molecule has 4 saturated carbocycles. The number of morpholine rings is 1. The van der Waals surface area contributed by atoms with Crippen molar-refractivity contribution in [2.75, 3.05) is 19.7 Å². The summed E-state index contributed by atoms with van der Waals surface area (Å²) >= 11 is 1.37. The zero-order valence-electron chi connectivity index (χ0n) is 21.4. The van der Waals surface area contributed by atoms with Gasteiger partial charge in [0.1, 0.15) is 4.90 Å². The van der Waals surface area contributed by atoms with Gasteiger partial charge in [0.05, 0.1) is 12.2 Å². The fraction of sp³-hybridized carbons (Fsp3) is 0.607. The standard InChI is InChI=1S/C28H35N3O5S/c1-16-13-31(14-17(2)35-16)23(32)15-34-28-26(37-22-6-4-3-5-7-22)25(36-30-28)27(33)29-24-20-9-18-8-19(11-20)12-21(24)10-18/h3-7,16-21,24H,8-15H2,1-2H3,(H,29,33)/t16-,17+,18?,19?,20?,21?,24?. The second-order valence-corrected chi connectivity index (χ2v) is 12.4. The van der Waals surface area contributed by atoms with Gasteiger partial charge in [0.25, 0.3) is 17.7 Å². The fourth-order valence-electron chi connectivity index (χ4n) is 7.18. The smallest absolute Gasteiger partial charge is 0.291 e. The van der Waals surface area contributed by atoms with Crippen LogP contribution >= 0.6 is 11.8 Å². The molecule has 198 valence electrons. The summed E-state index contributed by atoms with van der Waals surface area (Å²) in [5.74, 6) is 2.71. The number of carbonyl (C=O) groups excluding carboxylic acids is 2. The van der Waals surface area contributed by atoms with Gasteiger partial charge >= 0.3 is 0 Å². The summed E-state index contributed by atoms with van der Waals surface area (Å²) in [7, 11) is 0. The van der Waals surface area contributed by atoms with Gasteiger partial charge in [-0.1, -0.05) is 30.0 Å². The van der Waals surface area contributed by atoms with Crippen molar-refractivity contribution in [1.82, 2.24) is 15.4 Å². The first-order valence-electron chi connectivity index (χ1n) is 13.5. The highest BCUT2D eigenvalue weighted by atomic mass is 32.2. The van der Waals surface area contributed by atoms with Crippen LogP contribution in [-0.4, -0.2) is 59.8 Å². The van der Waals surface area contributed by atoms with Crippen molar-refractivity contribution < 1.29 is 23.6 Å². The van der Waals surface area contributed by atoms with Crippen LogP contribution in [-0.2, 0) is 9.53 Å². The van der Waals surface area contributed by atoms with Gasteiger partial charge in [-0.05, 0) is 86.9 Å². The molecule has 2 amide bonds. The molecule has 2 aromatic rings. The number of ether oxygens (including phenoxy) is 2. The van der Waals surface area contributed by atoms with Gasteiger partial charge in [-0.25, -0.2) is 0 Å². The molecule has 2 atom stereocenters. The van der Waals surface area contributed by atoms with E-state index in [1.54, 1.807) is 4.90 Å². The predicted octanol–water partition coefficient (Wildman–Crippen LogP) is 4.39. The average molecular weight is 526 g/mol. The highest BCUT2D eigenvalue weighted by Crippen LogP contribution is 2.53. The van der Waals surface area contributed by atoms with E-state index in [2.05, 4.69) is 10.5 Å². The third kappa shape index (κ3) is 5.25. The number of nitrogens with zero attached hydrogens (tertiary/aromatic N) is 2. The molecule has 9 heteroatoms. The number of nitrogens with one attached hydrogen (secondary N) is 1. The first kappa shape index (κ1) is 24.8. The Labute approximate surface area is 221 Å². The molecule has 8 nitrogen and oxygen atoms in total. The lowest BCUT2D eigenvalue weighted by Gasteiger charge is -2.54. The fourth-order valence-corrected chi connectivity index (χ4v) is 8.12. The van der Waals surface area contributed by atoms with Gasteiger partial charge in [0, 0.05) is 24.0 Å². The Morgan fingerprint density at radius 3 is 2.32 bits per heavy atom. The van der Waals surface area contributed by atoms with Crippen molar-refractivity contribution in [3.8, 4) is 5.88 Å². The molecule has 2 heterocycles. The van der Waals surface area contributed by atoms with Crippen LogP contribution in [0.25, 0.3) is 0 Å². The van der Waals surface area contributed by atoms with Crippen molar-refractivity contribution in [2.45, 2.75) is 74.0 Å². The minimum atomic E-state index is -0.250. The molecule has 1 N–H and O–H groups in total. The Morgan fingerprint density at radius 1 is 1.03 bits per heavy atom. The number of rotatable bonds is 7. The van der Waals surface area contributed by atoms with Gasteiger partial charge in [-0.2, -0.15) is 0 Å². The van der Waals surface area contributed by atoms with Crippen molar-refractivity contribution in [2.24, 2.45) is 23.7 Å². The molecule has 37 heavy (non-hydrogen) atoms. The molecular formula is C28H35N3O5S. The Hall–Kier alpha value is -2.52. The minimum absolute atomic E-state index is 0.0237. The monoisotopic (exact) mass is 525 g/mol. The minimum Gasteiger partial charge on any atom is -0.465 e. The summed E-state index contributed by atoms with van der Waals surface area (Å²) in [5.41, 5.74) is 0. The molecule has 7 rings (SSSR count). The zero-order chi connectivity index (χ0) is 25.5. The van der Waals surface area contributed by atoms with Crippen molar-refractivity contribution in [3.05, 3.63) is 36.1 Å². The van der Waals surface area contributed by atoms with E-state index in [9.17, 15) is 9.59 Å². The summed E-state index contributed by atoms with van der Waals surface area (Å²) in [6.45, 7) is 4.78. The van der Waals surface area contributed by atoms with Crippen LogP contribution in [0.4, 0.5) is 0 Å². The van der Waals surface area contributed by atoms with Gasteiger partial charge in [-0.15, -0.1) is 0 Å². The number of hydrogen-bond acceptors (Lipinski definition) is 7. The molecule has 1 aromatic carbocycles. The zero-order valence-corrected chi connectivity index (χ0v) is 22.2. The molecule has 1 saturated heterocycles. The average Bonchev–Trinajstić information content (AvgIpc) is 3.26. The van der Waals surface area contributed by atoms with Gasteiger partial charge in [0.15, 0.2) is 6.61 Å². The Balaban J connectivity index is 1.18. The lowest BCUT2D eigenvalue weighted by atomic mass is 9.54. The highest BCUT2D eigenvalue weighted by Gasteiger charge is 2.49. The van der Waals surface area contributed by atoms with Crippen LogP contribution in [0, 0.1) is 23.7 Å². The predicted molar refractivity (Wildman–Crippen MR) is 137 cm³/mol. The second kappa shape index (κ2) is 10.3. The maximum atomic E-state index is 13.5. The molecule has 0 unspecified atom stereocenters. The largest absolute Gasteiger partial charge is 0.465 e. The second-order valence-electron chi connectivity index (χ2n) is 11.3. The lowest BCUT2D eigenvalue weighted by molar-refractivity contribution is -0.145. The lowest BCUT2D eigenvalue weighted by Crippen LogP contribution is -2.55. The maximum absolute atomic E-state index is 13.5. The van der Waals surface area contributed by atoms with E-state index >= 15 is 0 Å². The SMILES string of the molecule is C[C@@H]1CN(C(=O)COc2noc(C(=O)NC3C4CC5CC(C4)CC3C5)c2Sc2ccccc2)C[C@H](C)O1. The van der Waals surface area contributed by atoms with Crippen LogP contribution in [0.2, 0.25) is 0 Å². The third-order valence-electron chi connectivity index (χ3n) is 8.42. The molecule has 1 aromatic heterocycles. The molecule has 0 spiro atoms. The van der Waals surface area contributed by atoms with Crippen LogP contribution in [0.15, 0.2) is 44.6 Å². The van der Waals surface area contributed by atoms with E-state index in [0.717, 1.165) is 16.7 Å². The molecule has 4 bridgehead atoms. The van der Waals surface area contributed by atoms with Crippen molar-refractivity contribution in [3.63, 3.8) is 0 Å². The maximum Gasteiger partial charge on any atom is 0.291 e. The Morgan fingerprint density at radius 2 is 1.68 bits per heavy atom. The summed E-state index contributed by atoms with van der Waals surface area (Å²) in [5, 5.41) is 7.40. The molecular weight excluding hydrogens is 490 g/mol. The van der Waals surface area contributed by atoms with E-state index < -0.39 is 0 Å². The van der Waals surface area contributed by atoms with E-state index in [-0.39, 0.29) is 48.3 Å². The van der Waals surface area contributed by atoms with E-state index in [0.29, 0.717) is 29.8 Å². The Kier molecular flexibility index (Phi) is 6.92. The van der Waals surface area contributed by atoms with E-state index in [1.165, 1.54) is 43.9 Å². The number of carbonyl (C=O) groups is 2. The van der Waals surface area contributed by atoms with Crippen molar-refractivity contribution >= 4 is 23.6 Å². The van der Waals surface area contributed by atoms with Crippen molar-refractivity contribution in [1.29, 1.82) is 0 Å². The topological polar surface area (TPSA) is 93.9 Å². The van der Waals surface area contributed by atoms with Crippen LogP contribution in [0.5, 0.6) is 5.88 Å². The van der Waals surface area contributed by atoms with Crippen LogP contribution in [0.3, 0.4) is 0 Å². The summed E-state index contributed by atoms with van der Waals surface area (Å²) < 4.78 is 17.2. The summed E-state index contributed by atoms with van der Waals surface area (Å²) in [6.07, 6.45) is 6.19. The third-order valence-corrected chi connectivity index (χ3v) is 9.49. The van der Waals surface area contributed by atoms with Crippen LogP contribution < -0.4 is 10.1 Å². The molecule has 1 aliphatic heterocycles. The first-order valence-corrected chi connectivity index (χ1v) is 14.3. The summed E-state index contributed by atoms with van der Waals surface area (Å²) in [4.78, 5) is 29.6. The molecule has 5 fully saturated rings. The van der Waals surface area contributed by atoms with Gasteiger partial charge in [0.2, 0.25) is 5.76 Å². The molecule has 4 aliphatic carbocycles.